The number of amides is 2. The fourth-order valence-electron chi connectivity index (χ4n) is 3.25. The van der Waals surface area contributed by atoms with Gasteiger partial charge in [0.25, 0.3) is 0 Å². The number of methoxy groups -OCH3 is 1. The molecule has 0 aliphatic carbocycles. The third-order valence-electron chi connectivity index (χ3n) is 4.70. The van der Waals surface area contributed by atoms with Gasteiger partial charge in [0.1, 0.15) is 5.92 Å². The summed E-state index contributed by atoms with van der Waals surface area (Å²) in [5.74, 6) is -3.97. The standard InChI is InChI=1S/C22H17ClIN3O4S/c1-31-22(30)19-18(14-4-2-3-5-16(14)23)15(10-25)21(27-20(19)29)32-11-17(28)26-13-8-6-12(24)7-9-13/h2-9,18-19H,11H2,1H3,(H,26,28)(H,27,29)/t18-,19+/m0/s1. The Hall–Kier alpha value is -2.55. The van der Waals surface area contributed by atoms with Crippen molar-refractivity contribution in [1.82, 2.24) is 5.32 Å². The van der Waals surface area contributed by atoms with Gasteiger partial charge in [-0.15, -0.1) is 0 Å². The molecule has 0 bridgehead atoms. The number of hydrogen-bond acceptors (Lipinski definition) is 6. The number of ether oxygens (including phenoxy) is 1. The first-order valence-electron chi connectivity index (χ1n) is 9.31. The number of anilines is 1. The summed E-state index contributed by atoms with van der Waals surface area (Å²) < 4.78 is 5.84. The lowest BCUT2D eigenvalue weighted by Crippen LogP contribution is -2.44. The number of nitrogens with zero attached hydrogens (tertiary/aromatic N) is 1. The quantitative estimate of drug-likeness (QED) is 0.303. The smallest absolute Gasteiger partial charge is 0.319 e. The van der Waals surface area contributed by atoms with Crippen LogP contribution in [0.25, 0.3) is 0 Å². The summed E-state index contributed by atoms with van der Waals surface area (Å²) in [4.78, 5) is 37.6. The number of allylic oxidation sites excluding steroid dienone is 1. The molecule has 0 saturated carbocycles. The summed E-state index contributed by atoms with van der Waals surface area (Å²) in [6, 6.07) is 16.1. The molecule has 0 radical (unpaired) electrons. The Labute approximate surface area is 207 Å². The van der Waals surface area contributed by atoms with Crippen molar-refractivity contribution in [3.8, 4) is 6.07 Å². The van der Waals surface area contributed by atoms with Gasteiger partial charge in [-0.3, -0.25) is 14.4 Å². The Kier molecular flexibility index (Phi) is 8.17. The maximum absolute atomic E-state index is 12.8. The van der Waals surface area contributed by atoms with Crippen molar-refractivity contribution in [3.63, 3.8) is 0 Å². The number of hydrogen-bond donors (Lipinski definition) is 2. The molecule has 0 unspecified atom stereocenters. The lowest BCUT2D eigenvalue weighted by Gasteiger charge is -2.31. The van der Waals surface area contributed by atoms with E-state index in [-0.39, 0.29) is 22.3 Å². The van der Waals surface area contributed by atoms with Crippen molar-refractivity contribution in [2.75, 3.05) is 18.2 Å². The predicted octanol–water partition coefficient (Wildman–Crippen LogP) is 4.05. The SMILES string of the molecule is COC(=O)[C@H]1C(=O)NC(SCC(=O)Nc2ccc(I)cc2)=C(C#N)[C@@H]1c1ccccc1Cl. The number of benzene rings is 2. The molecule has 7 nitrogen and oxygen atoms in total. The first-order chi connectivity index (χ1) is 15.3. The normalized spacial score (nSPS) is 17.9. The first kappa shape index (κ1) is 24.1. The molecule has 0 saturated heterocycles. The van der Waals surface area contributed by atoms with E-state index in [0.29, 0.717) is 16.3 Å². The zero-order valence-electron chi connectivity index (χ0n) is 16.7. The van der Waals surface area contributed by atoms with Crippen molar-refractivity contribution in [3.05, 3.63) is 73.3 Å². The molecule has 164 valence electrons. The van der Waals surface area contributed by atoms with Gasteiger partial charge in [-0.25, -0.2) is 0 Å². The van der Waals surface area contributed by atoms with Crippen LogP contribution in [0.4, 0.5) is 5.69 Å². The number of halogens is 2. The van der Waals surface area contributed by atoms with Crippen LogP contribution in [-0.4, -0.2) is 30.6 Å². The first-order valence-corrected chi connectivity index (χ1v) is 11.8. The molecule has 1 aliphatic heterocycles. The number of esters is 1. The van der Waals surface area contributed by atoms with E-state index in [9.17, 15) is 19.6 Å². The summed E-state index contributed by atoms with van der Waals surface area (Å²) >= 11 is 9.50. The topological polar surface area (TPSA) is 108 Å². The lowest BCUT2D eigenvalue weighted by atomic mass is 9.78. The monoisotopic (exact) mass is 581 g/mol. The van der Waals surface area contributed by atoms with Crippen molar-refractivity contribution >= 4 is 69.4 Å². The molecular weight excluding hydrogens is 565 g/mol. The van der Waals surface area contributed by atoms with Gasteiger partial charge in [0, 0.05) is 20.2 Å². The van der Waals surface area contributed by atoms with Gasteiger partial charge in [-0.1, -0.05) is 41.6 Å². The highest BCUT2D eigenvalue weighted by molar-refractivity contribution is 14.1. The maximum atomic E-state index is 12.8. The van der Waals surface area contributed by atoms with E-state index in [1.807, 2.05) is 12.1 Å². The number of carbonyl (C=O) groups excluding carboxylic acids is 3. The van der Waals surface area contributed by atoms with E-state index in [1.54, 1.807) is 36.4 Å². The summed E-state index contributed by atoms with van der Waals surface area (Å²) in [7, 11) is 1.17. The van der Waals surface area contributed by atoms with Gasteiger partial charge in [0.2, 0.25) is 11.8 Å². The zero-order valence-corrected chi connectivity index (χ0v) is 20.5. The highest BCUT2D eigenvalue weighted by Gasteiger charge is 2.45. The van der Waals surface area contributed by atoms with E-state index in [1.165, 1.54) is 7.11 Å². The fourth-order valence-corrected chi connectivity index (χ4v) is 4.71. The predicted molar refractivity (Wildman–Crippen MR) is 131 cm³/mol. The number of carbonyl (C=O) groups is 3. The largest absolute Gasteiger partial charge is 0.468 e. The van der Waals surface area contributed by atoms with Crippen molar-refractivity contribution < 1.29 is 19.1 Å². The molecule has 32 heavy (non-hydrogen) atoms. The minimum Gasteiger partial charge on any atom is -0.468 e. The Balaban J connectivity index is 1.89. The van der Waals surface area contributed by atoms with Crippen LogP contribution >= 0.6 is 46.0 Å². The molecule has 2 aromatic rings. The minimum absolute atomic E-state index is 0.0507. The van der Waals surface area contributed by atoms with Crippen molar-refractivity contribution in [1.29, 1.82) is 5.26 Å². The molecule has 2 aromatic carbocycles. The van der Waals surface area contributed by atoms with E-state index >= 15 is 0 Å². The summed E-state index contributed by atoms with van der Waals surface area (Å²) in [5, 5.41) is 15.8. The van der Waals surface area contributed by atoms with Crippen LogP contribution in [0.15, 0.2) is 59.1 Å². The summed E-state index contributed by atoms with van der Waals surface area (Å²) in [5.41, 5.74) is 1.23. The Morgan fingerprint density at radius 1 is 1.25 bits per heavy atom. The molecule has 2 N–H and O–H groups in total. The Morgan fingerprint density at radius 2 is 1.94 bits per heavy atom. The van der Waals surface area contributed by atoms with Crippen LogP contribution in [0.2, 0.25) is 5.02 Å². The van der Waals surface area contributed by atoms with E-state index in [0.717, 1.165) is 15.3 Å². The molecule has 2 atom stereocenters. The van der Waals surface area contributed by atoms with Gasteiger partial charge >= 0.3 is 5.97 Å². The third-order valence-corrected chi connectivity index (χ3v) is 6.78. The second-order valence-corrected chi connectivity index (χ2v) is 9.33. The third kappa shape index (κ3) is 5.43. The van der Waals surface area contributed by atoms with Gasteiger partial charge in [-0.2, -0.15) is 5.26 Å². The molecule has 0 spiro atoms. The van der Waals surface area contributed by atoms with Crippen LogP contribution in [0.1, 0.15) is 11.5 Å². The molecule has 2 amide bonds. The lowest BCUT2D eigenvalue weighted by molar-refractivity contribution is -0.150. The molecule has 1 heterocycles. The average Bonchev–Trinajstić information content (AvgIpc) is 2.78. The second-order valence-electron chi connectivity index (χ2n) is 6.69. The minimum atomic E-state index is -1.28. The summed E-state index contributed by atoms with van der Waals surface area (Å²) in [6.07, 6.45) is 0. The second kappa shape index (κ2) is 10.8. The van der Waals surface area contributed by atoms with E-state index in [4.69, 9.17) is 16.3 Å². The van der Waals surface area contributed by atoms with E-state index < -0.39 is 23.7 Å². The molecule has 3 rings (SSSR count). The number of nitriles is 1. The molecule has 10 heteroatoms. The zero-order chi connectivity index (χ0) is 23.3. The van der Waals surface area contributed by atoms with Crippen molar-refractivity contribution in [2.24, 2.45) is 5.92 Å². The van der Waals surface area contributed by atoms with Crippen molar-refractivity contribution in [2.45, 2.75) is 5.92 Å². The highest BCUT2D eigenvalue weighted by atomic mass is 127. The number of nitrogens with one attached hydrogen (secondary N) is 2. The van der Waals surface area contributed by atoms with Crippen LogP contribution in [0, 0.1) is 20.8 Å². The van der Waals surface area contributed by atoms with Gasteiger partial charge in [-0.05, 0) is 58.5 Å². The summed E-state index contributed by atoms with van der Waals surface area (Å²) in [6.45, 7) is 0. The van der Waals surface area contributed by atoms with Crippen LogP contribution in [-0.2, 0) is 19.1 Å². The number of thioether (sulfide) groups is 1. The molecule has 1 aliphatic rings. The fraction of sp³-hybridized carbons (Fsp3) is 0.182. The van der Waals surface area contributed by atoms with Gasteiger partial charge in [0.05, 0.1) is 29.5 Å². The highest BCUT2D eigenvalue weighted by Crippen LogP contribution is 2.42. The van der Waals surface area contributed by atoms with E-state index in [2.05, 4.69) is 39.3 Å². The van der Waals surface area contributed by atoms with Crippen LogP contribution in [0.5, 0.6) is 0 Å². The number of rotatable bonds is 6. The molecule has 0 aromatic heterocycles. The Morgan fingerprint density at radius 3 is 2.56 bits per heavy atom. The molecular formula is C22H17ClIN3O4S. The van der Waals surface area contributed by atoms with Gasteiger partial charge < -0.3 is 15.4 Å². The molecule has 0 fully saturated rings. The Bertz CT molecular complexity index is 1130. The van der Waals surface area contributed by atoms with Gasteiger partial charge in [0.15, 0.2) is 0 Å². The average molecular weight is 582 g/mol. The van der Waals surface area contributed by atoms with Crippen LogP contribution < -0.4 is 10.6 Å². The van der Waals surface area contributed by atoms with Crippen LogP contribution in [0.3, 0.4) is 0 Å². The maximum Gasteiger partial charge on any atom is 0.319 e.